The molecule has 1 fully saturated rings. The van der Waals surface area contributed by atoms with E-state index in [0.29, 0.717) is 19.3 Å². The zero-order chi connectivity index (χ0) is 17.0. The Morgan fingerprint density at radius 3 is 2.32 bits per heavy atom. The minimum Gasteiger partial charge on any atom is -0.480 e. The van der Waals surface area contributed by atoms with Crippen molar-refractivity contribution < 1.29 is 28.2 Å². The van der Waals surface area contributed by atoms with Crippen LogP contribution in [-0.4, -0.2) is 34.7 Å². The highest BCUT2D eigenvalue weighted by Crippen LogP contribution is 2.37. The Bertz CT molecular complexity index is 397. The molecule has 0 heterocycles. The van der Waals surface area contributed by atoms with Gasteiger partial charge in [0.05, 0.1) is 0 Å². The van der Waals surface area contributed by atoms with Gasteiger partial charge in [-0.2, -0.15) is 0 Å². The second-order valence-corrected chi connectivity index (χ2v) is 6.91. The van der Waals surface area contributed by atoms with E-state index in [1.807, 2.05) is 0 Å². The van der Waals surface area contributed by atoms with E-state index in [4.69, 9.17) is 9.84 Å². The van der Waals surface area contributed by atoms with Gasteiger partial charge in [0.1, 0.15) is 11.6 Å². The van der Waals surface area contributed by atoms with E-state index >= 15 is 0 Å². The first kappa shape index (κ1) is 18.6. The van der Waals surface area contributed by atoms with Gasteiger partial charge >= 0.3 is 12.1 Å². The predicted octanol–water partition coefficient (Wildman–Crippen LogP) is 3.57. The van der Waals surface area contributed by atoms with Gasteiger partial charge in [-0.25, -0.2) is 18.4 Å². The molecule has 128 valence electrons. The number of carboxylic acids is 1. The molecule has 0 saturated heterocycles. The van der Waals surface area contributed by atoms with Crippen molar-refractivity contribution in [3.8, 4) is 0 Å². The molecule has 1 saturated carbocycles. The maximum absolute atomic E-state index is 13.1. The Hall–Kier alpha value is -1.40. The van der Waals surface area contributed by atoms with Gasteiger partial charge in [0.25, 0.3) is 0 Å². The van der Waals surface area contributed by atoms with Gasteiger partial charge in [-0.15, -0.1) is 0 Å². The smallest absolute Gasteiger partial charge is 0.408 e. The fourth-order valence-electron chi connectivity index (χ4n) is 2.50. The number of amides is 1. The monoisotopic (exact) mass is 321 g/mol. The zero-order valence-corrected chi connectivity index (χ0v) is 13.3. The quantitative estimate of drug-likeness (QED) is 0.811. The number of ether oxygens (including phenoxy) is 1. The highest BCUT2D eigenvalue weighted by Gasteiger charge is 2.35. The van der Waals surface area contributed by atoms with Gasteiger partial charge in [-0.05, 0) is 52.4 Å². The molecule has 1 aliphatic carbocycles. The third-order valence-electron chi connectivity index (χ3n) is 3.69. The molecule has 0 radical (unpaired) electrons. The average molecular weight is 321 g/mol. The summed E-state index contributed by atoms with van der Waals surface area (Å²) in [5, 5.41) is 11.5. The number of hydrogen-bond donors (Lipinski definition) is 2. The van der Waals surface area contributed by atoms with Crippen LogP contribution in [0.15, 0.2) is 0 Å². The summed E-state index contributed by atoms with van der Waals surface area (Å²) < 4.78 is 31.2. The maximum atomic E-state index is 13.1. The molecule has 0 spiro atoms. The SMILES string of the molecule is CC(C)(C)OC(=O)NC(CCC1CCC(F)(F)CC1)C(=O)O. The van der Waals surface area contributed by atoms with Crippen LogP contribution in [0.5, 0.6) is 0 Å². The van der Waals surface area contributed by atoms with Crippen molar-refractivity contribution in [1.29, 1.82) is 0 Å². The molecule has 0 bridgehead atoms. The number of nitrogens with one attached hydrogen (secondary N) is 1. The van der Waals surface area contributed by atoms with Gasteiger partial charge < -0.3 is 15.2 Å². The van der Waals surface area contributed by atoms with Gasteiger partial charge in [0.15, 0.2) is 0 Å². The number of carbonyl (C=O) groups excluding carboxylic acids is 1. The summed E-state index contributed by atoms with van der Waals surface area (Å²) in [6, 6.07) is -1.06. The highest BCUT2D eigenvalue weighted by atomic mass is 19.3. The average Bonchev–Trinajstić information content (AvgIpc) is 2.33. The number of carboxylic acid groups (broad SMARTS) is 1. The van der Waals surface area contributed by atoms with Crippen LogP contribution in [0, 0.1) is 5.92 Å². The van der Waals surface area contributed by atoms with Crippen molar-refractivity contribution in [2.45, 2.75) is 76.9 Å². The Balaban J connectivity index is 2.42. The molecule has 1 aliphatic rings. The molecule has 1 unspecified atom stereocenters. The lowest BCUT2D eigenvalue weighted by atomic mass is 9.83. The minimum atomic E-state index is -2.59. The maximum Gasteiger partial charge on any atom is 0.408 e. The van der Waals surface area contributed by atoms with Crippen LogP contribution in [0.3, 0.4) is 0 Å². The van der Waals surface area contributed by atoms with E-state index in [2.05, 4.69) is 5.32 Å². The molecule has 1 amide bonds. The first-order valence-electron chi connectivity index (χ1n) is 7.59. The van der Waals surface area contributed by atoms with E-state index in [0.717, 1.165) is 0 Å². The van der Waals surface area contributed by atoms with Crippen molar-refractivity contribution in [2.75, 3.05) is 0 Å². The van der Waals surface area contributed by atoms with E-state index < -0.39 is 29.6 Å². The number of carbonyl (C=O) groups is 2. The third-order valence-corrected chi connectivity index (χ3v) is 3.69. The molecule has 0 aromatic rings. The summed E-state index contributed by atoms with van der Waals surface area (Å²) >= 11 is 0. The molecular weight excluding hydrogens is 296 g/mol. The van der Waals surface area contributed by atoms with Crippen LogP contribution in [0.4, 0.5) is 13.6 Å². The normalized spacial score (nSPS) is 20.2. The lowest BCUT2D eigenvalue weighted by molar-refractivity contribution is -0.139. The van der Waals surface area contributed by atoms with E-state index in [9.17, 15) is 18.4 Å². The fraction of sp³-hybridized carbons (Fsp3) is 0.867. The van der Waals surface area contributed by atoms with Crippen LogP contribution in [0.25, 0.3) is 0 Å². The standard InChI is InChI=1S/C15H25F2NO4/c1-14(2,3)22-13(21)18-11(12(19)20)5-4-10-6-8-15(16,17)9-7-10/h10-11H,4-9H2,1-3H3,(H,18,21)(H,19,20). The lowest BCUT2D eigenvalue weighted by Gasteiger charge is -2.29. The molecule has 2 N–H and O–H groups in total. The number of alkyl halides is 2. The predicted molar refractivity (Wildman–Crippen MR) is 76.9 cm³/mol. The molecule has 5 nitrogen and oxygen atoms in total. The first-order chi connectivity index (χ1) is 9.98. The Morgan fingerprint density at radius 1 is 1.32 bits per heavy atom. The zero-order valence-electron chi connectivity index (χ0n) is 13.3. The van der Waals surface area contributed by atoms with Crippen molar-refractivity contribution in [3.63, 3.8) is 0 Å². The van der Waals surface area contributed by atoms with E-state index in [1.54, 1.807) is 20.8 Å². The number of rotatable bonds is 5. The molecule has 0 aromatic heterocycles. The van der Waals surface area contributed by atoms with Crippen LogP contribution in [0.1, 0.15) is 59.3 Å². The molecule has 0 aromatic carbocycles. The van der Waals surface area contributed by atoms with E-state index in [1.165, 1.54) is 0 Å². The van der Waals surface area contributed by atoms with Gasteiger partial charge in [0, 0.05) is 12.8 Å². The third kappa shape index (κ3) is 7.04. The largest absolute Gasteiger partial charge is 0.480 e. The van der Waals surface area contributed by atoms with Crippen LogP contribution in [0.2, 0.25) is 0 Å². The van der Waals surface area contributed by atoms with Crippen molar-refractivity contribution in [1.82, 2.24) is 5.32 Å². The van der Waals surface area contributed by atoms with Crippen molar-refractivity contribution in [3.05, 3.63) is 0 Å². The summed E-state index contributed by atoms with van der Waals surface area (Å²) in [5.74, 6) is -3.65. The lowest BCUT2D eigenvalue weighted by Crippen LogP contribution is -2.43. The number of halogens is 2. The van der Waals surface area contributed by atoms with E-state index in [-0.39, 0.29) is 25.2 Å². The molecule has 0 aliphatic heterocycles. The van der Waals surface area contributed by atoms with Gasteiger partial charge in [-0.3, -0.25) is 0 Å². The highest BCUT2D eigenvalue weighted by molar-refractivity contribution is 5.79. The second-order valence-electron chi connectivity index (χ2n) is 6.91. The van der Waals surface area contributed by atoms with Gasteiger partial charge in [-0.1, -0.05) is 0 Å². The molecule has 7 heteroatoms. The molecule has 1 atom stereocenters. The molecule has 22 heavy (non-hydrogen) atoms. The first-order valence-corrected chi connectivity index (χ1v) is 7.59. The molecule has 1 rings (SSSR count). The summed E-state index contributed by atoms with van der Waals surface area (Å²) in [7, 11) is 0. The van der Waals surface area contributed by atoms with Crippen LogP contribution in [-0.2, 0) is 9.53 Å². The minimum absolute atomic E-state index is 0.0851. The Morgan fingerprint density at radius 2 is 1.86 bits per heavy atom. The van der Waals surface area contributed by atoms with Crippen molar-refractivity contribution >= 4 is 12.1 Å². The summed E-state index contributed by atoms with van der Waals surface area (Å²) in [6.07, 6.45) is 0.435. The number of aliphatic carboxylic acids is 1. The Labute approximate surface area is 129 Å². The Kier molecular flexibility index (Phi) is 6.14. The topological polar surface area (TPSA) is 75.6 Å². The van der Waals surface area contributed by atoms with Gasteiger partial charge in [0.2, 0.25) is 5.92 Å². The summed E-state index contributed by atoms with van der Waals surface area (Å²) in [6.45, 7) is 5.06. The summed E-state index contributed by atoms with van der Waals surface area (Å²) in [4.78, 5) is 22.8. The van der Waals surface area contributed by atoms with Crippen LogP contribution >= 0.6 is 0 Å². The van der Waals surface area contributed by atoms with Crippen molar-refractivity contribution in [2.24, 2.45) is 5.92 Å². The summed E-state index contributed by atoms with van der Waals surface area (Å²) in [5.41, 5.74) is -0.706. The molecular formula is C15H25F2NO4. The number of hydrogen-bond acceptors (Lipinski definition) is 3. The van der Waals surface area contributed by atoms with Crippen LogP contribution < -0.4 is 5.32 Å². The second kappa shape index (κ2) is 7.24. The fourth-order valence-corrected chi connectivity index (χ4v) is 2.50. The number of alkyl carbamates (subject to hydrolysis) is 1.